The first-order valence-corrected chi connectivity index (χ1v) is 6.89. The Balaban J connectivity index is 2.13. The van der Waals surface area contributed by atoms with Crippen LogP contribution in [0.5, 0.6) is 0 Å². The van der Waals surface area contributed by atoms with Crippen molar-refractivity contribution in [2.24, 2.45) is 0 Å². The summed E-state index contributed by atoms with van der Waals surface area (Å²) in [6, 6.07) is 13.7. The van der Waals surface area contributed by atoms with Gasteiger partial charge in [0.1, 0.15) is 0 Å². The van der Waals surface area contributed by atoms with Gasteiger partial charge in [0.25, 0.3) is 0 Å². The van der Waals surface area contributed by atoms with Crippen LogP contribution in [-0.2, 0) is 12.1 Å². The average molecular weight is 296 g/mol. The minimum absolute atomic E-state index is 0.376. The van der Waals surface area contributed by atoms with Crippen LogP contribution in [0.2, 0.25) is 0 Å². The molecule has 2 rings (SSSR count). The predicted molar refractivity (Wildman–Crippen MR) is 77.7 cm³/mol. The van der Waals surface area contributed by atoms with E-state index >= 15 is 0 Å². The third-order valence-electron chi connectivity index (χ3n) is 3.34. The second-order valence-corrected chi connectivity index (χ2v) is 5.20. The predicted octanol–water partition coefficient (Wildman–Crippen LogP) is 4.21. The van der Waals surface area contributed by atoms with E-state index in [1.54, 1.807) is 6.07 Å². The molecule has 0 saturated carbocycles. The summed E-state index contributed by atoms with van der Waals surface area (Å²) in [5, 5.41) is 3.30. The lowest BCUT2D eigenvalue weighted by molar-refractivity contribution is 0.405. The first kappa shape index (κ1) is 14.9. The Labute approximate surface area is 122 Å². The molecule has 0 fully saturated rings. The number of benzene rings is 2. The summed E-state index contributed by atoms with van der Waals surface area (Å²) in [5.74, 6) is -1.30. The molecule has 0 aromatic heterocycles. The molecule has 0 spiro atoms. The van der Waals surface area contributed by atoms with Crippen LogP contribution in [0.3, 0.4) is 0 Å². The van der Waals surface area contributed by atoms with E-state index in [2.05, 4.69) is 5.32 Å². The Morgan fingerprint density at radius 3 is 2.35 bits per heavy atom. The summed E-state index contributed by atoms with van der Waals surface area (Å²) < 4.78 is 26.1. The topological polar surface area (TPSA) is 12.0 Å². The molecule has 1 N–H and O–H groups in total. The van der Waals surface area contributed by atoms with E-state index in [0.29, 0.717) is 18.0 Å². The maximum Gasteiger partial charge on any atom is 0.159 e. The summed E-state index contributed by atoms with van der Waals surface area (Å²) >= 11 is 6.07. The van der Waals surface area contributed by atoms with Gasteiger partial charge in [0.2, 0.25) is 0 Å². The minimum Gasteiger partial charge on any atom is -0.303 e. The molecule has 0 amide bonds. The fourth-order valence-electron chi connectivity index (χ4n) is 1.98. The van der Waals surface area contributed by atoms with Crippen LogP contribution in [0.4, 0.5) is 8.78 Å². The SMILES string of the molecule is CC(CCl)(NCc1ccc(F)c(F)c1)c1ccccc1. The standard InChI is InChI=1S/C16H16ClF2N/c1-16(11-17,13-5-3-2-4-6-13)20-10-12-7-8-14(18)15(19)9-12/h2-9,20H,10-11H2,1H3. The van der Waals surface area contributed by atoms with Crippen molar-refractivity contribution in [3.05, 3.63) is 71.3 Å². The van der Waals surface area contributed by atoms with Gasteiger partial charge in [0.05, 0.1) is 5.54 Å². The van der Waals surface area contributed by atoms with Crippen molar-refractivity contribution >= 4 is 11.6 Å². The fourth-order valence-corrected chi connectivity index (χ4v) is 2.23. The van der Waals surface area contributed by atoms with Crippen LogP contribution in [0.1, 0.15) is 18.1 Å². The molecule has 1 nitrogen and oxygen atoms in total. The molecule has 0 bridgehead atoms. The molecule has 0 saturated heterocycles. The monoisotopic (exact) mass is 295 g/mol. The van der Waals surface area contributed by atoms with E-state index < -0.39 is 17.2 Å². The van der Waals surface area contributed by atoms with Crippen LogP contribution < -0.4 is 5.32 Å². The number of hydrogen-bond acceptors (Lipinski definition) is 1. The summed E-state index contributed by atoms with van der Waals surface area (Å²) in [5.41, 5.74) is 1.31. The molecular formula is C16H16ClF2N. The van der Waals surface area contributed by atoms with Crippen molar-refractivity contribution in [3.8, 4) is 0 Å². The van der Waals surface area contributed by atoms with E-state index in [1.807, 2.05) is 37.3 Å². The lowest BCUT2D eigenvalue weighted by Gasteiger charge is -2.29. The van der Waals surface area contributed by atoms with E-state index in [0.717, 1.165) is 11.6 Å². The summed E-state index contributed by atoms with van der Waals surface area (Å²) in [6.07, 6.45) is 0. The Morgan fingerprint density at radius 1 is 1.05 bits per heavy atom. The molecule has 4 heteroatoms. The van der Waals surface area contributed by atoms with E-state index in [9.17, 15) is 8.78 Å². The zero-order chi connectivity index (χ0) is 14.6. The van der Waals surface area contributed by atoms with Gasteiger partial charge in [-0.2, -0.15) is 0 Å². The Bertz CT molecular complexity index is 574. The number of rotatable bonds is 5. The minimum atomic E-state index is -0.836. The summed E-state index contributed by atoms with van der Waals surface area (Å²) in [7, 11) is 0. The number of alkyl halides is 1. The molecule has 1 atom stereocenters. The van der Waals surface area contributed by atoms with E-state index in [4.69, 9.17) is 11.6 Å². The second-order valence-electron chi connectivity index (χ2n) is 4.93. The maximum absolute atomic E-state index is 13.2. The average Bonchev–Trinajstić information content (AvgIpc) is 2.49. The molecule has 0 aliphatic heterocycles. The van der Waals surface area contributed by atoms with Crippen LogP contribution in [0, 0.1) is 11.6 Å². The van der Waals surface area contributed by atoms with Crippen LogP contribution in [0.25, 0.3) is 0 Å². The molecule has 106 valence electrons. The van der Waals surface area contributed by atoms with Gasteiger partial charge >= 0.3 is 0 Å². The zero-order valence-corrected chi connectivity index (χ0v) is 11.9. The largest absolute Gasteiger partial charge is 0.303 e. The van der Waals surface area contributed by atoms with Crippen molar-refractivity contribution in [1.29, 1.82) is 0 Å². The van der Waals surface area contributed by atoms with Crippen molar-refractivity contribution in [3.63, 3.8) is 0 Å². The second kappa shape index (κ2) is 6.33. The van der Waals surface area contributed by atoms with Crippen LogP contribution >= 0.6 is 11.6 Å². The maximum atomic E-state index is 13.2. The van der Waals surface area contributed by atoms with E-state index in [1.165, 1.54) is 6.07 Å². The zero-order valence-electron chi connectivity index (χ0n) is 11.2. The third kappa shape index (κ3) is 3.35. The number of hydrogen-bond donors (Lipinski definition) is 1. The number of halogens is 3. The van der Waals surface area contributed by atoms with Gasteiger partial charge in [-0.15, -0.1) is 11.6 Å². The highest BCUT2D eigenvalue weighted by Gasteiger charge is 2.24. The molecular weight excluding hydrogens is 280 g/mol. The highest BCUT2D eigenvalue weighted by molar-refractivity contribution is 6.18. The molecule has 0 radical (unpaired) electrons. The normalized spacial score (nSPS) is 14.0. The van der Waals surface area contributed by atoms with Crippen LogP contribution in [-0.4, -0.2) is 5.88 Å². The highest BCUT2D eigenvalue weighted by atomic mass is 35.5. The fraction of sp³-hybridized carbons (Fsp3) is 0.250. The first-order valence-electron chi connectivity index (χ1n) is 6.35. The Hall–Kier alpha value is -1.45. The van der Waals surface area contributed by atoms with Gasteiger partial charge in [-0.1, -0.05) is 36.4 Å². The highest BCUT2D eigenvalue weighted by Crippen LogP contribution is 2.23. The third-order valence-corrected chi connectivity index (χ3v) is 3.88. The Kier molecular flexibility index (Phi) is 4.73. The van der Waals surface area contributed by atoms with Gasteiger partial charge in [-0.3, -0.25) is 0 Å². The number of nitrogens with one attached hydrogen (secondary N) is 1. The molecule has 20 heavy (non-hydrogen) atoms. The van der Waals surface area contributed by atoms with Crippen LogP contribution in [0.15, 0.2) is 48.5 Å². The molecule has 2 aromatic rings. The van der Waals surface area contributed by atoms with Crippen molar-refractivity contribution in [2.75, 3.05) is 5.88 Å². The summed E-state index contributed by atoms with van der Waals surface area (Å²) in [6.45, 7) is 2.39. The Morgan fingerprint density at radius 2 is 1.75 bits per heavy atom. The van der Waals surface area contributed by atoms with Gasteiger partial charge in [0.15, 0.2) is 11.6 Å². The summed E-state index contributed by atoms with van der Waals surface area (Å²) in [4.78, 5) is 0. The quantitative estimate of drug-likeness (QED) is 0.815. The van der Waals surface area contributed by atoms with Gasteiger partial charge in [-0.05, 0) is 30.2 Å². The molecule has 0 aliphatic rings. The lowest BCUT2D eigenvalue weighted by atomic mass is 9.94. The lowest BCUT2D eigenvalue weighted by Crippen LogP contribution is -2.40. The van der Waals surface area contributed by atoms with Crippen molar-refractivity contribution in [1.82, 2.24) is 5.32 Å². The van der Waals surface area contributed by atoms with Gasteiger partial charge in [0, 0.05) is 12.4 Å². The molecule has 1 unspecified atom stereocenters. The molecule has 2 aromatic carbocycles. The first-order chi connectivity index (χ1) is 9.55. The molecule has 0 aliphatic carbocycles. The van der Waals surface area contributed by atoms with Crippen molar-refractivity contribution < 1.29 is 8.78 Å². The van der Waals surface area contributed by atoms with Crippen molar-refractivity contribution in [2.45, 2.75) is 19.0 Å². The van der Waals surface area contributed by atoms with Gasteiger partial charge in [-0.25, -0.2) is 8.78 Å². The van der Waals surface area contributed by atoms with E-state index in [-0.39, 0.29) is 0 Å². The van der Waals surface area contributed by atoms with Gasteiger partial charge < -0.3 is 5.32 Å². The smallest absolute Gasteiger partial charge is 0.159 e. The molecule has 0 heterocycles.